The fourth-order valence-corrected chi connectivity index (χ4v) is 1.52. The fourth-order valence-electron chi connectivity index (χ4n) is 1.52. The summed E-state index contributed by atoms with van der Waals surface area (Å²) in [6.45, 7) is 1.71. The molecular formula is C10H10N6O3. The molecular weight excluding hydrogens is 252 g/mol. The number of rotatable bonds is 4. The largest absolute Gasteiger partial charge is 0.345 e. The van der Waals surface area contributed by atoms with Gasteiger partial charge in [0.05, 0.1) is 11.5 Å². The first-order valence-electron chi connectivity index (χ1n) is 5.33. The zero-order chi connectivity index (χ0) is 13.8. The van der Waals surface area contributed by atoms with E-state index in [4.69, 9.17) is 0 Å². The van der Waals surface area contributed by atoms with Crippen molar-refractivity contribution >= 4 is 11.6 Å². The zero-order valence-corrected chi connectivity index (χ0v) is 9.95. The van der Waals surface area contributed by atoms with Gasteiger partial charge in [0.2, 0.25) is 0 Å². The van der Waals surface area contributed by atoms with Crippen LogP contribution in [0.2, 0.25) is 0 Å². The lowest BCUT2D eigenvalue weighted by Gasteiger charge is -2.04. The quantitative estimate of drug-likeness (QED) is 0.604. The third-order valence-electron chi connectivity index (χ3n) is 2.45. The number of nitrogens with zero attached hydrogens (tertiary/aromatic N) is 4. The van der Waals surface area contributed by atoms with Crippen molar-refractivity contribution in [2.45, 2.75) is 13.5 Å². The van der Waals surface area contributed by atoms with Crippen LogP contribution in [0.25, 0.3) is 0 Å². The van der Waals surface area contributed by atoms with Crippen LogP contribution in [0, 0.1) is 17.0 Å². The lowest BCUT2D eigenvalue weighted by molar-refractivity contribution is -0.385. The number of aromatic nitrogens is 4. The number of benzene rings is 1. The van der Waals surface area contributed by atoms with E-state index in [2.05, 4.69) is 25.9 Å². The van der Waals surface area contributed by atoms with Crippen molar-refractivity contribution in [3.8, 4) is 0 Å². The van der Waals surface area contributed by atoms with E-state index >= 15 is 0 Å². The van der Waals surface area contributed by atoms with Crippen LogP contribution in [0.1, 0.15) is 21.7 Å². The van der Waals surface area contributed by atoms with Gasteiger partial charge in [0.25, 0.3) is 11.6 Å². The van der Waals surface area contributed by atoms with E-state index in [0.29, 0.717) is 17.0 Å². The lowest BCUT2D eigenvalue weighted by atomic mass is 10.1. The topological polar surface area (TPSA) is 127 Å². The van der Waals surface area contributed by atoms with Gasteiger partial charge in [-0.3, -0.25) is 14.9 Å². The van der Waals surface area contributed by atoms with Crippen LogP contribution in [0.3, 0.4) is 0 Å². The predicted molar refractivity (Wildman–Crippen MR) is 63.2 cm³/mol. The molecule has 2 aromatic rings. The average molecular weight is 262 g/mol. The standard InChI is InChI=1S/C10H10N6O3/c1-6-4-7(2-3-8(6)16(18)19)10(17)11-5-9-12-14-15-13-9/h2-4H,5H2,1H3,(H,11,17)(H,12,13,14,15). The number of nitro benzene ring substituents is 1. The van der Waals surface area contributed by atoms with Crippen LogP contribution in [-0.4, -0.2) is 31.5 Å². The Kier molecular flexibility index (Phi) is 3.46. The molecule has 0 radical (unpaired) electrons. The highest BCUT2D eigenvalue weighted by Gasteiger charge is 2.13. The summed E-state index contributed by atoms with van der Waals surface area (Å²) in [5.41, 5.74) is 0.749. The lowest BCUT2D eigenvalue weighted by Crippen LogP contribution is -2.23. The Hall–Kier alpha value is -2.84. The Morgan fingerprint density at radius 1 is 1.53 bits per heavy atom. The average Bonchev–Trinajstić information content (AvgIpc) is 2.88. The summed E-state index contributed by atoms with van der Waals surface area (Å²) in [4.78, 5) is 22.0. The van der Waals surface area contributed by atoms with Crippen molar-refractivity contribution in [1.29, 1.82) is 0 Å². The first-order valence-corrected chi connectivity index (χ1v) is 5.33. The third kappa shape index (κ3) is 2.89. The van der Waals surface area contributed by atoms with E-state index in [0.717, 1.165) is 0 Å². The maximum absolute atomic E-state index is 11.8. The summed E-state index contributed by atoms with van der Waals surface area (Å²) in [5.74, 6) is -0.00483. The number of H-pyrrole nitrogens is 1. The number of aromatic amines is 1. The summed E-state index contributed by atoms with van der Waals surface area (Å²) in [6.07, 6.45) is 0. The number of carbonyl (C=O) groups is 1. The molecule has 0 unspecified atom stereocenters. The summed E-state index contributed by atoms with van der Waals surface area (Å²) in [7, 11) is 0. The monoisotopic (exact) mass is 262 g/mol. The molecule has 98 valence electrons. The van der Waals surface area contributed by atoms with Gasteiger partial charge in [0.15, 0.2) is 5.82 Å². The molecule has 0 fully saturated rings. The van der Waals surface area contributed by atoms with Crippen molar-refractivity contribution < 1.29 is 9.72 Å². The predicted octanol–water partition coefficient (Wildman–Crippen LogP) is 0.346. The third-order valence-corrected chi connectivity index (χ3v) is 2.45. The van der Waals surface area contributed by atoms with Gasteiger partial charge in [-0.1, -0.05) is 5.21 Å². The number of aryl methyl sites for hydroxylation is 1. The van der Waals surface area contributed by atoms with Gasteiger partial charge < -0.3 is 5.32 Å². The normalized spacial score (nSPS) is 10.2. The fraction of sp³-hybridized carbons (Fsp3) is 0.200. The first kappa shape index (κ1) is 12.6. The van der Waals surface area contributed by atoms with E-state index in [1.807, 2.05) is 0 Å². The Balaban J connectivity index is 2.07. The molecule has 9 nitrogen and oxygen atoms in total. The van der Waals surface area contributed by atoms with Crippen LogP contribution < -0.4 is 5.32 Å². The van der Waals surface area contributed by atoms with Crippen molar-refractivity contribution in [3.63, 3.8) is 0 Å². The number of nitro groups is 1. The van der Waals surface area contributed by atoms with E-state index in [1.54, 1.807) is 6.92 Å². The Morgan fingerprint density at radius 2 is 2.32 bits per heavy atom. The van der Waals surface area contributed by atoms with Crippen LogP contribution in [-0.2, 0) is 6.54 Å². The smallest absolute Gasteiger partial charge is 0.272 e. The molecule has 1 amide bonds. The minimum Gasteiger partial charge on any atom is -0.345 e. The second kappa shape index (κ2) is 5.21. The molecule has 0 aliphatic rings. The number of hydrogen-bond acceptors (Lipinski definition) is 6. The molecule has 0 spiro atoms. The second-order valence-electron chi connectivity index (χ2n) is 3.77. The molecule has 2 N–H and O–H groups in total. The first-order chi connectivity index (χ1) is 9.08. The molecule has 1 heterocycles. The SMILES string of the molecule is Cc1cc(C(=O)NCc2nn[nH]n2)ccc1[N+](=O)[O-]. The molecule has 0 aliphatic heterocycles. The molecule has 1 aromatic heterocycles. The van der Waals surface area contributed by atoms with E-state index in [9.17, 15) is 14.9 Å². The van der Waals surface area contributed by atoms with Crippen molar-refractivity contribution in [2.24, 2.45) is 0 Å². The number of tetrazole rings is 1. The van der Waals surface area contributed by atoms with Gasteiger partial charge in [0.1, 0.15) is 0 Å². The molecule has 9 heteroatoms. The Labute approximate surface area is 107 Å². The van der Waals surface area contributed by atoms with Gasteiger partial charge in [0, 0.05) is 17.2 Å². The summed E-state index contributed by atoms with van der Waals surface area (Å²) in [6, 6.07) is 4.17. The zero-order valence-electron chi connectivity index (χ0n) is 9.95. The molecule has 0 saturated heterocycles. The number of carbonyl (C=O) groups excluding carboxylic acids is 1. The van der Waals surface area contributed by atoms with Gasteiger partial charge in [-0.05, 0) is 19.1 Å². The summed E-state index contributed by atoms with van der Waals surface area (Å²) < 4.78 is 0. The highest BCUT2D eigenvalue weighted by Crippen LogP contribution is 2.18. The van der Waals surface area contributed by atoms with Crippen LogP contribution >= 0.6 is 0 Å². The molecule has 0 bridgehead atoms. The van der Waals surface area contributed by atoms with E-state index in [1.165, 1.54) is 18.2 Å². The molecule has 19 heavy (non-hydrogen) atoms. The van der Waals surface area contributed by atoms with E-state index < -0.39 is 4.92 Å². The summed E-state index contributed by atoms with van der Waals surface area (Å²) >= 11 is 0. The van der Waals surface area contributed by atoms with Crippen molar-refractivity contribution in [2.75, 3.05) is 0 Å². The van der Waals surface area contributed by atoms with Crippen LogP contribution in [0.15, 0.2) is 18.2 Å². The minimum atomic E-state index is -0.490. The maximum atomic E-state index is 11.8. The molecule has 0 atom stereocenters. The number of nitrogens with one attached hydrogen (secondary N) is 2. The highest BCUT2D eigenvalue weighted by molar-refractivity contribution is 5.94. The number of amides is 1. The van der Waals surface area contributed by atoms with Crippen molar-refractivity contribution in [3.05, 3.63) is 45.3 Å². The van der Waals surface area contributed by atoms with E-state index in [-0.39, 0.29) is 18.1 Å². The second-order valence-corrected chi connectivity index (χ2v) is 3.77. The molecule has 1 aromatic carbocycles. The molecule has 0 saturated carbocycles. The molecule has 2 rings (SSSR count). The number of hydrogen-bond donors (Lipinski definition) is 2. The van der Waals surface area contributed by atoms with Crippen molar-refractivity contribution in [1.82, 2.24) is 25.9 Å². The van der Waals surface area contributed by atoms with Crippen LogP contribution in [0.4, 0.5) is 5.69 Å². The Morgan fingerprint density at radius 3 is 2.89 bits per heavy atom. The highest BCUT2D eigenvalue weighted by atomic mass is 16.6. The summed E-state index contributed by atoms with van der Waals surface area (Å²) in [5, 5.41) is 26.2. The maximum Gasteiger partial charge on any atom is 0.272 e. The molecule has 0 aliphatic carbocycles. The minimum absolute atomic E-state index is 0.0188. The van der Waals surface area contributed by atoms with Gasteiger partial charge in [-0.25, -0.2) is 0 Å². The van der Waals surface area contributed by atoms with Crippen LogP contribution in [0.5, 0.6) is 0 Å². The Bertz CT molecular complexity index is 610. The van der Waals surface area contributed by atoms with Gasteiger partial charge >= 0.3 is 0 Å². The van der Waals surface area contributed by atoms with Gasteiger partial charge in [-0.2, -0.15) is 5.21 Å². The van der Waals surface area contributed by atoms with Gasteiger partial charge in [-0.15, -0.1) is 10.2 Å².